The highest BCUT2D eigenvalue weighted by atomic mass is 16.2. The molecule has 0 radical (unpaired) electrons. The molecule has 6 nitrogen and oxygen atoms in total. The first-order chi connectivity index (χ1) is 16.9. The van der Waals surface area contributed by atoms with E-state index in [0.29, 0.717) is 13.0 Å². The number of hydrogen-bond donors (Lipinski definition) is 2. The molecule has 1 aliphatic heterocycles. The van der Waals surface area contributed by atoms with Crippen LogP contribution < -0.4 is 15.5 Å². The van der Waals surface area contributed by atoms with Crippen LogP contribution in [0.1, 0.15) is 51.6 Å². The number of nitrogens with zero attached hydrogens (tertiary/aromatic N) is 2. The van der Waals surface area contributed by atoms with Gasteiger partial charge in [0.15, 0.2) is 5.78 Å². The van der Waals surface area contributed by atoms with E-state index in [1.807, 2.05) is 36.4 Å². The Morgan fingerprint density at radius 2 is 1.97 bits per heavy atom. The van der Waals surface area contributed by atoms with Crippen molar-refractivity contribution in [1.29, 1.82) is 0 Å². The molecule has 1 aromatic carbocycles. The van der Waals surface area contributed by atoms with Gasteiger partial charge in [0.05, 0.1) is 36.2 Å². The maximum Gasteiger partial charge on any atom is 0.239 e. The van der Waals surface area contributed by atoms with Gasteiger partial charge in [-0.05, 0) is 61.3 Å². The molecule has 2 N–H and O–H groups in total. The van der Waals surface area contributed by atoms with E-state index in [4.69, 9.17) is 0 Å². The van der Waals surface area contributed by atoms with Crippen LogP contribution in [-0.4, -0.2) is 29.3 Å². The summed E-state index contributed by atoms with van der Waals surface area (Å²) in [5.41, 5.74) is 4.55. The van der Waals surface area contributed by atoms with E-state index < -0.39 is 0 Å². The van der Waals surface area contributed by atoms with E-state index in [2.05, 4.69) is 52.6 Å². The van der Waals surface area contributed by atoms with Crippen LogP contribution in [0.15, 0.2) is 72.1 Å². The minimum Gasteiger partial charge on any atom is -0.357 e. The third-order valence-corrected chi connectivity index (χ3v) is 7.31. The van der Waals surface area contributed by atoms with Gasteiger partial charge in [-0.2, -0.15) is 0 Å². The summed E-state index contributed by atoms with van der Waals surface area (Å²) in [6.45, 7) is 4.89. The van der Waals surface area contributed by atoms with Crippen molar-refractivity contribution in [2.75, 3.05) is 16.8 Å². The molecule has 0 saturated heterocycles. The number of amides is 1. The fourth-order valence-corrected chi connectivity index (χ4v) is 5.77. The molecule has 1 amide bonds. The third kappa shape index (κ3) is 5.02. The van der Waals surface area contributed by atoms with Crippen molar-refractivity contribution in [2.45, 2.75) is 58.5 Å². The number of hydrogen-bond acceptors (Lipinski definition) is 5. The molecule has 182 valence electrons. The number of Topliss-reactive ketones (excluding diaryl/α,β-unsaturated/α-hetero) is 1. The first-order valence-corrected chi connectivity index (χ1v) is 12.6. The summed E-state index contributed by atoms with van der Waals surface area (Å²) < 4.78 is 0. The maximum atomic E-state index is 13.7. The molecular weight excluding hydrogens is 436 g/mol. The summed E-state index contributed by atoms with van der Waals surface area (Å²) >= 11 is 0. The second-order valence-corrected chi connectivity index (χ2v) is 10.7. The molecule has 2 aliphatic carbocycles. The molecule has 0 saturated carbocycles. The number of carbonyl (C=O) groups excluding carboxylic acids is 2. The predicted octanol–water partition coefficient (Wildman–Crippen LogP) is 5.00. The highest BCUT2D eigenvalue weighted by Gasteiger charge is 2.43. The summed E-state index contributed by atoms with van der Waals surface area (Å²) in [5.74, 6) is 0.399. The Kier molecular flexibility index (Phi) is 6.46. The Morgan fingerprint density at radius 3 is 2.74 bits per heavy atom. The minimum absolute atomic E-state index is 0.0746. The Bertz CT molecular complexity index is 1170. The molecule has 0 fully saturated rings. The van der Waals surface area contributed by atoms with E-state index >= 15 is 0 Å². The molecule has 6 heteroatoms. The summed E-state index contributed by atoms with van der Waals surface area (Å²) in [5, 5.41) is 6.67. The third-order valence-electron chi connectivity index (χ3n) is 7.31. The molecule has 3 aliphatic rings. The van der Waals surface area contributed by atoms with Gasteiger partial charge in [-0.15, -0.1) is 0 Å². The number of benzene rings is 1. The molecule has 0 spiro atoms. The van der Waals surface area contributed by atoms with Crippen LogP contribution in [0.5, 0.6) is 0 Å². The zero-order valence-corrected chi connectivity index (χ0v) is 20.6. The van der Waals surface area contributed by atoms with Crippen molar-refractivity contribution in [3.63, 3.8) is 0 Å². The smallest absolute Gasteiger partial charge is 0.239 e. The highest BCUT2D eigenvalue weighted by molar-refractivity contribution is 6.01. The van der Waals surface area contributed by atoms with Gasteiger partial charge in [-0.3, -0.25) is 14.6 Å². The predicted molar refractivity (Wildman–Crippen MR) is 139 cm³/mol. The molecule has 0 unspecified atom stereocenters. The zero-order valence-electron chi connectivity index (χ0n) is 20.6. The van der Waals surface area contributed by atoms with Gasteiger partial charge in [0.25, 0.3) is 0 Å². The number of anilines is 2. The monoisotopic (exact) mass is 470 g/mol. The summed E-state index contributed by atoms with van der Waals surface area (Å²) in [7, 11) is 0. The quantitative estimate of drug-likeness (QED) is 0.602. The van der Waals surface area contributed by atoms with Crippen molar-refractivity contribution in [1.82, 2.24) is 10.3 Å². The lowest BCUT2D eigenvalue weighted by Crippen LogP contribution is -2.49. The second-order valence-electron chi connectivity index (χ2n) is 10.7. The van der Waals surface area contributed by atoms with Crippen molar-refractivity contribution < 1.29 is 9.59 Å². The molecule has 1 aromatic heterocycles. The van der Waals surface area contributed by atoms with Crippen molar-refractivity contribution in [3.8, 4) is 0 Å². The number of nitrogens with one attached hydrogen (secondary N) is 2. The maximum absolute atomic E-state index is 13.7. The lowest BCUT2D eigenvalue weighted by molar-refractivity contribution is -0.121. The van der Waals surface area contributed by atoms with Crippen molar-refractivity contribution >= 4 is 23.1 Å². The van der Waals surface area contributed by atoms with Gasteiger partial charge in [0.1, 0.15) is 0 Å². The summed E-state index contributed by atoms with van der Waals surface area (Å²) in [6, 6.07) is 13.7. The lowest BCUT2D eigenvalue weighted by Gasteiger charge is -2.41. The number of fused-ring (bicyclic) bond motifs is 1. The van der Waals surface area contributed by atoms with Gasteiger partial charge in [-0.1, -0.05) is 44.2 Å². The van der Waals surface area contributed by atoms with E-state index in [0.717, 1.165) is 54.0 Å². The number of carbonyl (C=O) groups is 2. The van der Waals surface area contributed by atoms with E-state index in [1.54, 1.807) is 6.20 Å². The Labute approximate surface area is 207 Å². The van der Waals surface area contributed by atoms with Crippen LogP contribution in [-0.2, 0) is 16.1 Å². The zero-order chi connectivity index (χ0) is 24.4. The Morgan fingerprint density at radius 1 is 1.14 bits per heavy atom. The molecule has 35 heavy (non-hydrogen) atoms. The number of rotatable bonds is 5. The largest absolute Gasteiger partial charge is 0.357 e. The topological polar surface area (TPSA) is 74.3 Å². The van der Waals surface area contributed by atoms with Gasteiger partial charge >= 0.3 is 0 Å². The SMILES string of the molecule is CC1(C)CC(=O)C2=C(C1)Nc1ccccc1N(CC(=O)NCc1ccccn1)[C@@H]2[C@@H]1CC=CCC1. The van der Waals surface area contributed by atoms with Gasteiger partial charge in [-0.25, -0.2) is 0 Å². The minimum atomic E-state index is -0.143. The standard InChI is InChI=1S/C29H34N4O2/c1-29(2)16-23-27(25(34)17-29)28(20-10-4-3-5-11-20)33(24-14-7-6-13-22(24)32-23)19-26(35)31-18-21-12-8-9-15-30-21/h3-4,6-9,12-15,20,28,32H,5,10-11,16-19H2,1-2H3,(H,31,35)/t20-,28-/m1/s1. The molecule has 2 heterocycles. The molecular formula is C29H34N4O2. The van der Waals surface area contributed by atoms with E-state index in [-0.39, 0.29) is 35.6 Å². The van der Waals surface area contributed by atoms with Gasteiger partial charge in [0, 0.05) is 23.9 Å². The normalized spacial score (nSPS) is 23.1. The number of para-hydroxylation sites is 2. The summed E-state index contributed by atoms with van der Waals surface area (Å²) in [4.78, 5) is 33.5. The molecule has 0 bridgehead atoms. The number of pyridine rings is 1. The lowest BCUT2D eigenvalue weighted by atomic mass is 9.71. The van der Waals surface area contributed by atoms with E-state index in [1.165, 1.54) is 0 Å². The molecule has 2 atom stereocenters. The van der Waals surface area contributed by atoms with Crippen LogP contribution >= 0.6 is 0 Å². The van der Waals surface area contributed by atoms with Gasteiger partial charge < -0.3 is 15.5 Å². The Balaban J connectivity index is 1.53. The average molecular weight is 471 g/mol. The Hall–Kier alpha value is -3.41. The van der Waals surface area contributed by atoms with Crippen LogP contribution in [0.4, 0.5) is 11.4 Å². The van der Waals surface area contributed by atoms with Crippen molar-refractivity contribution in [2.24, 2.45) is 11.3 Å². The molecule has 2 aromatic rings. The number of allylic oxidation sites excluding steroid dienone is 3. The van der Waals surface area contributed by atoms with Crippen molar-refractivity contribution in [3.05, 3.63) is 77.8 Å². The van der Waals surface area contributed by atoms with Crippen LogP contribution in [0.3, 0.4) is 0 Å². The summed E-state index contributed by atoms with van der Waals surface area (Å²) in [6.07, 6.45) is 10.5. The highest BCUT2D eigenvalue weighted by Crippen LogP contribution is 2.46. The first kappa shape index (κ1) is 23.3. The molecule has 5 rings (SSSR count). The van der Waals surface area contributed by atoms with Crippen LogP contribution in [0.25, 0.3) is 0 Å². The van der Waals surface area contributed by atoms with E-state index in [9.17, 15) is 9.59 Å². The number of aromatic nitrogens is 1. The van der Waals surface area contributed by atoms with Gasteiger partial charge in [0.2, 0.25) is 5.91 Å². The van der Waals surface area contributed by atoms with Crippen LogP contribution in [0, 0.1) is 11.3 Å². The number of ketones is 1. The average Bonchev–Trinajstić information content (AvgIpc) is 2.98. The first-order valence-electron chi connectivity index (χ1n) is 12.6. The fourth-order valence-electron chi connectivity index (χ4n) is 5.77. The second kappa shape index (κ2) is 9.68. The fraction of sp³-hybridized carbons (Fsp3) is 0.414. The van der Waals surface area contributed by atoms with Crippen LogP contribution in [0.2, 0.25) is 0 Å².